The van der Waals surface area contributed by atoms with Crippen molar-refractivity contribution < 1.29 is 47.8 Å². The summed E-state index contributed by atoms with van der Waals surface area (Å²) in [6.07, 6.45) is 29.9. The van der Waals surface area contributed by atoms with Gasteiger partial charge >= 0.3 is 19.8 Å². The number of phosphoric acid groups is 1. The number of carbonyl (C=O) groups is 3. The van der Waals surface area contributed by atoms with Gasteiger partial charge in [0.05, 0.1) is 13.2 Å². The number of carbonyl (C=O) groups excluding carboxylic acids is 2. The maximum absolute atomic E-state index is 12.2. The zero-order chi connectivity index (χ0) is 37.1. The second kappa shape index (κ2) is 34.6. The number of ether oxygens (including phenoxy) is 1. The molecule has 0 aromatic heterocycles. The number of aliphatic hydroxyl groups excluding tert-OH is 1. The molecule has 3 unspecified atom stereocenters. The molecule has 4 N–H and O–H groups in total. The maximum Gasteiger partial charge on any atom is 0.472 e. The van der Waals surface area contributed by atoms with Crippen molar-refractivity contribution in [2.45, 2.75) is 206 Å². The molecule has 0 aliphatic carbocycles. The Morgan fingerprint density at radius 1 is 0.560 bits per heavy atom. The Labute approximate surface area is 304 Å². The van der Waals surface area contributed by atoms with Crippen LogP contribution in [0.1, 0.15) is 194 Å². The number of carboxylic acid groups (broad SMARTS) is 1. The van der Waals surface area contributed by atoms with Gasteiger partial charge in [0.25, 0.3) is 0 Å². The Bertz CT molecular complexity index is 875. The van der Waals surface area contributed by atoms with E-state index in [2.05, 4.69) is 19.2 Å². The summed E-state index contributed by atoms with van der Waals surface area (Å²) in [7, 11) is -4.74. The maximum atomic E-state index is 12.2. The molecule has 0 radical (unpaired) electrons. The Morgan fingerprint density at radius 3 is 1.32 bits per heavy atom. The van der Waals surface area contributed by atoms with Crippen molar-refractivity contribution >= 4 is 25.7 Å². The van der Waals surface area contributed by atoms with Gasteiger partial charge in [-0.05, 0) is 12.8 Å². The second-order valence-electron chi connectivity index (χ2n) is 13.8. The van der Waals surface area contributed by atoms with Crippen molar-refractivity contribution in [1.82, 2.24) is 5.32 Å². The van der Waals surface area contributed by atoms with E-state index in [9.17, 15) is 34.1 Å². The standard InChI is InChI=1S/C38H74NO10P/c1-3-5-7-9-11-13-15-16-17-18-19-20-22-24-26-28-30-37(42)47-31-34(40)32-48-50(45,46)49-33-35(38(43)44)39-36(41)29-27-25-23-21-14-12-10-8-6-4-2/h34-35,40H,3-33H2,1-2H3,(H,39,41)(H,43,44)(H,45,46). The zero-order valence-electron chi connectivity index (χ0n) is 31.7. The normalized spacial score (nSPS) is 13.8. The van der Waals surface area contributed by atoms with Gasteiger partial charge in [0.1, 0.15) is 12.7 Å². The highest BCUT2D eigenvalue weighted by molar-refractivity contribution is 7.47. The minimum absolute atomic E-state index is 0.151. The van der Waals surface area contributed by atoms with Crippen LogP contribution in [-0.4, -0.2) is 64.9 Å². The highest BCUT2D eigenvalue weighted by Gasteiger charge is 2.28. The molecule has 0 saturated carbocycles. The topological polar surface area (TPSA) is 169 Å². The van der Waals surface area contributed by atoms with Crippen LogP contribution < -0.4 is 5.32 Å². The lowest BCUT2D eigenvalue weighted by Crippen LogP contribution is -2.43. The molecule has 0 aliphatic rings. The first-order valence-corrected chi connectivity index (χ1v) is 21.6. The number of phosphoric ester groups is 1. The Morgan fingerprint density at radius 2 is 0.920 bits per heavy atom. The van der Waals surface area contributed by atoms with Gasteiger partial charge in [-0.25, -0.2) is 9.36 Å². The predicted molar refractivity (Wildman–Crippen MR) is 199 cm³/mol. The van der Waals surface area contributed by atoms with Crippen LogP contribution in [0.3, 0.4) is 0 Å². The minimum Gasteiger partial charge on any atom is -0.480 e. The SMILES string of the molecule is CCCCCCCCCCCCCCCCCCC(=O)OCC(O)COP(=O)(O)OCC(NC(=O)CCCCCCCCCCCC)C(=O)O. The minimum atomic E-state index is -4.74. The molecule has 0 fully saturated rings. The molecule has 0 saturated heterocycles. The largest absolute Gasteiger partial charge is 0.480 e. The van der Waals surface area contributed by atoms with Crippen LogP contribution >= 0.6 is 7.82 Å². The molecule has 0 bridgehead atoms. The number of aliphatic carboxylic acids is 1. The van der Waals surface area contributed by atoms with Crippen molar-refractivity contribution in [3.05, 3.63) is 0 Å². The first-order valence-electron chi connectivity index (χ1n) is 20.1. The zero-order valence-corrected chi connectivity index (χ0v) is 32.6. The molecule has 1 amide bonds. The van der Waals surface area contributed by atoms with Crippen molar-refractivity contribution in [1.29, 1.82) is 0 Å². The van der Waals surface area contributed by atoms with Crippen LogP contribution in [0.5, 0.6) is 0 Å². The van der Waals surface area contributed by atoms with E-state index in [4.69, 9.17) is 13.8 Å². The van der Waals surface area contributed by atoms with Gasteiger partial charge in [-0.3, -0.25) is 18.6 Å². The third kappa shape index (κ3) is 33.6. The molecule has 0 aromatic rings. The number of hydrogen-bond acceptors (Lipinski definition) is 8. The van der Waals surface area contributed by atoms with Crippen LogP contribution in [0.25, 0.3) is 0 Å². The fraction of sp³-hybridized carbons (Fsp3) is 0.921. The fourth-order valence-electron chi connectivity index (χ4n) is 5.73. The predicted octanol–water partition coefficient (Wildman–Crippen LogP) is 9.56. The van der Waals surface area contributed by atoms with Crippen molar-refractivity contribution in [3.8, 4) is 0 Å². The van der Waals surface area contributed by atoms with Crippen LogP contribution in [0.2, 0.25) is 0 Å². The quantitative estimate of drug-likeness (QED) is 0.0272. The average Bonchev–Trinajstić information content (AvgIpc) is 3.08. The van der Waals surface area contributed by atoms with Gasteiger partial charge in [0.15, 0.2) is 6.04 Å². The second-order valence-corrected chi connectivity index (χ2v) is 15.3. The summed E-state index contributed by atoms with van der Waals surface area (Å²) in [5, 5.41) is 21.7. The Hall–Kier alpha value is -1.52. The van der Waals surface area contributed by atoms with Gasteiger partial charge in [-0.1, -0.05) is 168 Å². The fourth-order valence-corrected chi connectivity index (χ4v) is 6.50. The van der Waals surface area contributed by atoms with E-state index in [-0.39, 0.29) is 12.8 Å². The molecule has 50 heavy (non-hydrogen) atoms. The molecule has 0 aliphatic heterocycles. The third-order valence-corrected chi connectivity index (χ3v) is 9.85. The summed E-state index contributed by atoms with van der Waals surface area (Å²) in [6.45, 7) is 2.57. The van der Waals surface area contributed by atoms with E-state index in [0.29, 0.717) is 12.8 Å². The number of hydrogen-bond donors (Lipinski definition) is 4. The lowest BCUT2D eigenvalue weighted by atomic mass is 10.0. The highest BCUT2D eigenvalue weighted by atomic mass is 31.2. The van der Waals surface area contributed by atoms with Crippen molar-refractivity contribution in [3.63, 3.8) is 0 Å². The van der Waals surface area contributed by atoms with E-state index in [1.165, 1.54) is 116 Å². The molecule has 11 nitrogen and oxygen atoms in total. The van der Waals surface area contributed by atoms with Crippen molar-refractivity contribution in [2.75, 3.05) is 19.8 Å². The Kier molecular flexibility index (Phi) is 33.5. The molecule has 3 atom stereocenters. The van der Waals surface area contributed by atoms with E-state index in [1.54, 1.807) is 0 Å². The highest BCUT2D eigenvalue weighted by Crippen LogP contribution is 2.43. The molecule has 12 heteroatoms. The first-order chi connectivity index (χ1) is 24.1. The van der Waals surface area contributed by atoms with Crippen LogP contribution in [-0.2, 0) is 32.7 Å². The lowest BCUT2D eigenvalue weighted by Gasteiger charge is -2.18. The molecule has 0 rings (SSSR count). The summed E-state index contributed by atoms with van der Waals surface area (Å²) in [5.41, 5.74) is 0. The van der Waals surface area contributed by atoms with Crippen molar-refractivity contribution in [2.24, 2.45) is 0 Å². The van der Waals surface area contributed by atoms with Crippen LogP contribution in [0.4, 0.5) is 0 Å². The number of amides is 1. The molecule has 0 aromatic carbocycles. The van der Waals surface area contributed by atoms with E-state index >= 15 is 0 Å². The summed E-state index contributed by atoms with van der Waals surface area (Å²) in [6, 6.07) is -1.54. The monoisotopic (exact) mass is 736 g/mol. The van der Waals surface area contributed by atoms with Gasteiger partial charge in [0.2, 0.25) is 5.91 Å². The Balaban J connectivity index is 3.88. The number of aliphatic hydroxyl groups is 1. The number of esters is 1. The van der Waals surface area contributed by atoms with Gasteiger partial charge in [0, 0.05) is 12.8 Å². The summed E-state index contributed by atoms with van der Waals surface area (Å²) in [4.78, 5) is 45.6. The number of unbranched alkanes of at least 4 members (excludes halogenated alkanes) is 24. The van der Waals surface area contributed by atoms with E-state index in [1.807, 2.05) is 0 Å². The molecule has 296 valence electrons. The van der Waals surface area contributed by atoms with Gasteiger partial charge in [-0.2, -0.15) is 0 Å². The summed E-state index contributed by atoms with van der Waals surface area (Å²) in [5.74, 6) is -2.36. The number of carboxylic acids is 1. The molecule has 0 spiro atoms. The average molecular weight is 736 g/mol. The van der Waals surface area contributed by atoms with E-state index < -0.39 is 57.6 Å². The third-order valence-electron chi connectivity index (χ3n) is 8.90. The van der Waals surface area contributed by atoms with Gasteiger partial charge < -0.3 is 25.2 Å². The summed E-state index contributed by atoms with van der Waals surface area (Å²) >= 11 is 0. The molecule has 0 heterocycles. The molecular formula is C38H74NO10P. The lowest BCUT2D eigenvalue weighted by molar-refractivity contribution is -0.147. The van der Waals surface area contributed by atoms with Crippen LogP contribution in [0.15, 0.2) is 0 Å². The number of rotatable bonds is 38. The van der Waals surface area contributed by atoms with Gasteiger partial charge in [-0.15, -0.1) is 0 Å². The van der Waals surface area contributed by atoms with E-state index in [0.717, 1.165) is 38.5 Å². The smallest absolute Gasteiger partial charge is 0.472 e. The molecular weight excluding hydrogens is 661 g/mol. The van der Waals surface area contributed by atoms with Crippen LogP contribution in [0, 0.1) is 0 Å². The first kappa shape index (κ1) is 48.5. The summed E-state index contributed by atoms with van der Waals surface area (Å²) < 4.78 is 26.7. The number of nitrogens with one attached hydrogen (secondary N) is 1.